The SMILES string of the molecule is Cc1ccccc1SCC(=O)NC1CCSc2ccc(Cl)cc21. The molecule has 1 aliphatic heterocycles. The molecule has 1 heterocycles. The number of halogens is 1. The molecule has 1 unspecified atom stereocenters. The van der Waals surface area contributed by atoms with Crippen LogP contribution in [0, 0.1) is 6.92 Å². The Hall–Kier alpha value is -1.10. The predicted octanol–water partition coefficient (Wildman–Crippen LogP) is 5.09. The van der Waals surface area contributed by atoms with Crippen molar-refractivity contribution in [1.29, 1.82) is 0 Å². The Morgan fingerprint density at radius 1 is 1.35 bits per heavy atom. The Bertz CT molecular complexity index is 720. The number of amides is 1. The Kier molecular flexibility index (Phi) is 5.57. The number of fused-ring (bicyclic) bond motifs is 1. The van der Waals surface area contributed by atoms with Gasteiger partial charge in [-0.25, -0.2) is 0 Å². The fraction of sp³-hybridized carbons (Fsp3) is 0.278. The molecular weight excluding hydrogens is 346 g/mol. The van der Waals surface area contributed by atoms with Crippen LogP contribution in [0.2, 0.25) is 5.02 Å². The number of aryl methyl sites for hydroxylation is 1. The molecule has 0 bridgehead atoms. The normalized spacial score (nSPS) is 16.7. The van der Waals surface area contributed by atoms with Crippen LogP contribution >= 0.6 is 35.1 Å². The summed E-state index contributed by atoms with van der Waals surface area (Å²) in [6.45, 7) is 2.07. The smallest absolute Gasteiger partial charge is 0.230 e. The molecule has 0 aromatic heterocycles. The summed E-state index contributed by atoms with van der Waals surface area (Å²) in [5, 5.41) is 3.88. The minimum Gasteiger partial charge on any atom is -0.349 e. The molecule has 1 amide bonds. The Balaban J connectivity index is 1.63. The summed E-state index contributed by atoms with van der Waals surface area (Å²) in [5.74, 6) is 1.52. The van der Waals surface area contributed by atoms with E-state index in [1.807, 2.05) is 42.1 Å². The molecule has 2 aromatic rings. The number of carbonyl (C=O) groups is 1. The first-order valence-electron chi connectivity index (χ1n) is 7.53. The van der Waals surface area contributed by atoms with Crippen LogP contribution in [0.3, 0.4) is 0 Å². The highest BCUT2D eigenvalue weighted by Gasteiger charge is 2.22. The van der Waals surface area contributed by atoms with Gasteiger partial charge in [0.1, 0.15) is 0 Å². The summed E-state index contributed by atoms with van der Waals surface area (Å²) in [4.78, 5) is 14.7. The topological polar surface area (TPSA) is 29.1 Å². The first-order chi connectivity index (χ1) is 11.1. The number of hydrogen-bond donors (Lipinski definition) is 1. The van der Waals surface area contributed by atoms with Gasteiger partial charge in [-0.2, -0.15) is 0 Å². The number of hydrogen-bond acceptors (Lipinski definition) is 3. The van der Waals surface area contributed by atoms with Crippen molar-refractivity contribution in [3.63, 3.8) is 0 Å². The summed E-state index contributed by atoms with van der Waals surface area (Å²) < 4.78 is 0. The summed E-state index contributed by atoms with van der Waals surface area (Å²) in [5.41, 5.74) is 2.35. The first kappa shape index (κ1) is 16.7. The highest BCUT2D eigenvalue weighted by atomic mass is 35.5. The van der Waals surface area contributed by atoms with Gasteiger partial charge < -0.3 is 5.32 Å². The molecule has 0 radical (unpaired) electrons. The van der Waals surface area contributed by atoms with Crippen molar-refractivity contribution in [3.05, 3.63) is 58.6 Å². The van der Waals surface area contributed by atoms with Crippen LogP contribution in [0.5, 0.6) is 0 Å². The van der Waals surface area contributed by atoms with E-state index < -0.39 is 0 Å². The third kappa shape index (κ3) is 4.25. The zero-order valence-corrected chi connectivity index (χ0v) is 15.2. The van der Waals surface area contributed by atoms with E-state index in [2.05, 4.69) is 24.4 Å². The monoisotopic (exact) mass is 363 g/mol. The van der Waals surface area contributed by atoms with E-state index in [4.69, 9.17) is 11.6 Å². The van der Waals surface area contributed by atoms with Crippen LogP contribution in [0.15, 0.2) is 52.3 Å². The van der Waals surface area contributed by atoms with E-state index in [0.717, 1.165) is 27.7 Å². The van der Waals surface area contributed by atoms with Crippen LogP contribution in [-0.2, 0) is 4.79 Å². The highest BCUT2D eigenvalue weighted by Crippen LogP contribution is 2.37. The van der Waals surface area contributed by atoms with E-state index >= 15 is 0 Å². The first-order valence-corrected chi connectivity index (χ1v) is 9.88. The number of carbonyl (C=O) groups excluding carboxylic acids is 1. The molecule has 0 saturated heterocycles. The second-order valence-corrected chi connectivity index (χ2v) is 8.08. The molecule has 1 aliphatic rings. The van der Waals surface area contributed by atoms with Crippen LogP contribution in [0.25, 0.3) is 0 Å². The van der Waals surface area contributed by atoms with Gasteiger partial charge >= 0.3 is 0 Å². The second-order valence-electron chi connectivity index (χ2n) is 5.49. The molecule has 0 aliphatic carbocycles. The van der Waals surface area contributed by atoms with Gasteiger partial charge in [-0.1, -0.05) is 29.8 Å². The van der Waals surface area contributed by atoms with Crippen molar-refractivity contribution >= 4 is 41.0 Å². The van der Waals surface area contributed by atoms with Gasteiger partial charge in [0, 0.05) is 20.6 Å². The molecule has 2 aromatic carbocycles. The van der Waals surface area contributed by atoms with Crippen molar-refractivity contribution in [1.82, 2.24) is 5.32 Å². The lowest BCUT2D eigenvalue weighted by Gasteiger charge is -2.26. The van der Waals surface area contributed by atoms with Gasteiger partial charge in [0.2, 0.25) is 5.91 Å². The third-order valence-corrected chi connectivity index (χ3v) is 6.33. The average molecular weight is 364 g/mol. The van der Waals surface area contributed by atoms with Crippen LogP contribution in [0.4, 0.5) is 0 Å². The number of benzene rings is 2. The second kappa shape index (κ2) is 7.65. The Morgan fingerprint density at radius 3 is 3.00 bits per heavy atom. The zero-order chi connectivity index (χ0) is 16.2. The fourth-order valence-corrected chi connectivity index (χ4v) is 4.74. The fourth-order valence-electron chi connectivity index (χ4n) is 2.61. The van der Waals surface area contributed by atoms with Crippen molar-refractivity contribution in [2.24, 2.45) is 0 Å². The van der Waals surface area contributed by atoms with Gasteiger partial charge in [0.25, 0.3) is 0 Å². The minimum atomic E-state index is 0.0647. The molecule has 0 spiro atoms. The van der Waals surface area contributed by atoms with Crippen LogP contribution < -0.4 is 5.32 Å². The number of rotatable bonds is 4. The van der Waals surface area contributed by atoms with Crippen molar-refractivity contribution in [2.45, 2.75) is 29.2 Å². The molecule has 1 N–H and O–H groups in total. The van der Waals surface area contributed by atoms with E-state index in [1.54, 1.807) is 11.8 Å². The minimum absolute atomic E-state index is 0.0647. The quantitative estimate of drug-likeness (QED) is 0.767. The van der Waals surface area contributed by atoms with Gasteiger partial charge in [-0.05, 0) is 48.7 Å². The van der Waals surface area contributed by atoms with Crippen LogP contribution in [0.1, 0.15) is 23.6 Å². The molecule has 3 rings (SSSR count). The van der Waals surface area contributed by atoms with Crippen molar-refractivity contribution in [2.75, 3.05) is 11.5 Å². The maximum absolute atomic E-state index is 12.3. The lowest BCUT2D eigenvalue weighted by atomic mass is 10.0. The molecule has 5 heteroatoms. The lowest BCUT2D eigenvalue weighted by molar-refractivity contribution is -0.119. The predicted molar refractivity (Wildman–Crippen MR) is 99.6 cm³/mol. The average Bonchev–Trinajstić information content (AvgIpc) is 2.55. The Morgan fingerprint density at radius 2 is 2.17 bits per heavy atom. The third-order valence-electron chi connectivity index (χ3n) is 3.80. The van der Waals surface area contributed by atoms with E-state index in [1.165, 1.54) is 10.5 Å². The van der Waals surface area contributed by atoms with E-state index in [-0.39, 0.29) is 11.9 Å². The number of nitrogens with one attached hydrogen (secondary N) is 1. The van der Waals surface area contributed by atoms with Crippen LogP contribution in [-0.4, -0.2) is 17.4 Å². The summed E-state index contributed by atoms with van der Waals surface area (Å²) in [6.07, 6.45) is 0.943. The summed E-state index contributed by atoms with van der Waals surface area (Å²) in [6, 6.07) is 14.1. The molecule has 0 saturated carbocycles. The molecular formula is C18H18ClNOS2. The highest BCUT2D eigenvalue weighted by molar-refractivity contribution is 8.00. The standard InChI is InChI=1S/C18H18ClNOS2/c1-12-4-2-3-5-16(12)23-11-18(21)20-15-8-9-22-17-7-6-13(19)10-14(15)17/h2-7,10,15H,8-9,11H2,1H3,(H,20,21). The van der Waals surface area contributed by atoms with Gasteiger partial charge in [-0.3, -0.25) is 4.79 Å². The molecule has 0 fully saturated rings. The van der Waals surface area contributed by atoms with Crippen molar-refractivity contribution < 1.29 is 4.79 Å². The van der Waals surface area contributed by atoms with Gasteiger partial charge in [0.15, 0.2) is 0 Å². The molecule has 120 valence electrons. The van der Waals surface area contributed by atoms with Gasteiger partial charge in [-0.15, -0.1) is 23.5 Å². The molecule has 2 nitrogen and oxygen atoms in total. The largest absolute Gasteiger partial charge is 0.349 e. The summed E-state index contributed by atoms with van der Waals surface area (Å²) >= 11 is 9.52. The van der Waals surface area contributed by atoms with E-state index in [9.17, 15) is 4.79 Å². The van der Waals surface area contributed by atoms with Gasteiger partial charge in [0.05, 0.1) is 11.8 Å². The van der Waals surface area contributed by atoms with E-state index in [0.29, 0.717) is 5.75 Å². The maximum Gasteiger partial charge on any atom is 0.230 e. The molecule has 23 heavy (non-hydrogen) atoms. The zero-order valence-electron chi connectivity index (χ0n) is 12.8. The van der Waals surface area contributed by atoms with Crippen molar-refractivity contribution in [3.8, 4) is 0 Å². The maximum atomic E-state index is 12.3. The summed E-state index contributed by atoms with van der Waals surface area (Å²) in [7, 11) is 0. The number of thioether (sulfide) groups is 2. The molecule has 1 atom stereocenters. The Labute approximate surface area is 150 Å². The lowest BCUT2D eigenvalue weighted by Crippen LogP contribution is -2.31.